The minimum atomic E-state index is -2.93. The van der Waals surface area contributed by atoms with Crippen molar-refractivity contribution in [3.63, 3.8) is 0 Å². The van der Waals surface area contributed by atoms with Crippen molar-refractivity contribution in [3.8, 4) is 0 Å². The Kier molecular flexibility index (Phi) is 9.86. The van der Waals surface area contributed by atoms with E-state index in [2.05, 4.69) is 34.6 Å². The summed E-state index contributed by atoms with van der Waals surface area (Å²) in [4.78, 5) is 4.54. The molecule has 1 aromatic rings. The minimum Gasteiger partial charge on any atom is -0.357 e. The fraction of sp³-hybridized carbons (Fsp3) is 0.733. The first-order valence-corrected chi connectivity index (χ1v) is 9.86. The molecule has 0 radical (unpaired) electrons. The lowest BCUT2D eigenvalue weighted by molar-refractivity contribution is 0.348. The Morgan fingerprint density at radius 1 is 1.38 bits per heavy atom. The second-order valence-corrected chi connectivity index (χ2v) is 8.80. The molecule has 2 N–H and O–H groups in total. The molecule has 24 heavy (non-hydrogen) atoms. The Hall–Kier alpha value is -0.840. The molecule has 0 bridgehead atoms. The van der Waals surface area contributed by atoms with Crippen LogP contribution in [0.2, 0.25) is 0 Å². The number of rotatable bonds is 8. The fourth-order valence-electron chi connectivity index (χ4n) is 1.93. The Morgan fingerprint density at radius 2 is 2.04 bits per heavy atom. The summed E-state index contributed by atoms with van der Waals surface area (Å²) in [6.07, 6.45) is 3.63. The maximum atomic E-state index is 11.3. The molecule has 1 rings (SSSR count). The first-order chi connectivity index (χ1) is 10.6. The van der Waals surface area contributed by atoms with Crippen molar-refractivity contribution in [2.24, 2.45) is 17.5 Å². The zero-order valence-electron chi connectivity index (χ0n) is 15.2. The number of hydrogen-bond donors (Lipinski definition) is 2. The number of aryl methyl sites for hydroxylation is 1. The van der Waals surface area contributed by atoms with Crippen LogP contribution >= 0.6 is 24.0 Å². The van der Waals surface area contributed by atoms with Gasteiger partial charge >= 0.3 is 0 Å². The zero-order valence-corrected chi connectivity index (χ0v) is 18.3. The summed E-state index contributed by atoms with van der Waals surface area (Å²) in [5, 5.41) is 10.6. The molecule has 0 spiro atoms. The Bertz CT molecular complexity index is 626. The predicted molar refractivity (Wildman–Crippen MR) is 110 cm³/mol. The van der Waals surface area contributed by atoms with Crippen LogP contribution in [-0.4, -0.2) is 49.3 Å². The van der Waals surface area contributed by atoms with Crippen LogP contribution in [0.15, 0.2) is 17.3 Å². The molecule has 0 saturated heterocycles. The van der Waals surface area contributed by atoms with Crippen LogP contribution in [0.4, 0.5) is 0 Å². The van der Waals surface area contributed by atoms with Crippen LogP contribution in [0.1, 0.15) is 32.9 Å². The molecule has 0 fully saturated rings. The highest BCUT2D eigenvalue weighted by atomic mass is 127. The van der Waals surface area contributed by atoms with Gasteiger partial charge in [0.25, 0.3) is 0 Å². The van der Waals surface area contributed by atoms with E-state index < -0.39 is 9.84 Å². The summed E-state index contributed by atoms with van der Waals surface area (Å²) in [6.45, 7) is 8.07. The van der Waals surface area contributed by atoms with Crippen LogP contribution in [0.25, 0.3) is 0 Å². The number of aromatic nitrogens is 2. The van der Waals surface area contributed by atoms with Gasteiger partial charge in [-0.05, 0) is 24.8 Å². The van der Waals surface area contributed by atoms with Gasteiger partial charge in [0.05, 0.1) is 18.0 Å². The highest BCUT2D eigenvalue weighted by molar-refractivity contribution is 14.0. The maximum absolute atomic E-state index is 11.3. The number of guanidine groups is 1. The van der Waals surface area contributed by atoms with E-state index in [0.717, 1.165) is 18.2 Å². The van der Waals surface area contributed by atoms with Gasteiger partial charge < -0.3 is 10.6 Å². The average Bonchev–Trinajstić information content (AvgIpc) is 2.85. The number of aliphatic imine (C=N–C) groups is 1. The molecule has 0 amide bonds. The van der Waals surface area contributed by atoms with Crippen molar-refractivity contribution in [2.45, 2.75) is 33.7 Å². The first kappa shape index (κ1) is 23.2. The molecule has 1 aromatic heterocycles. The van der Waals surface area contributed by atoms with Gasteiger partial charge in [0.2, 0.25) is 0 Å². The van der Waals surface area contributed by atoms with Gasteiger partial charge in [-0.2, -0.15) is 5.10 Å². The van der Waals surface area contributed by atoms with Gasteiger partial charge in [-0.25, -0.2) is 13.4 Å². The molecule has 0 aliphatic rings. The van der Waals surface area contributed by atoms with Crippen LogP contribution in [-0.2, 0) is 23.4 Å². The third-order valence-electron chi connectivity index (χ3n) is 3.55. The molecule has 0 saturated carbocycles. The van der Waals surface area contributed by atoms with E-state index in [9.17, 15) is 8.42 Å². The maximum Gasteiger partial charge on any atom is 0.191 e. The van der Waals surface area contributed by atoms with Gasteiger partial charge in [0.1, 0.15) is 9.84 Å². The molecular weight excluding hydrogens is 441 g/mol. The van der Waals surface area contributed by atoms with Crippen molar-refractivity contribution >= 4 is 39.8 Å². The summed E-state index contributed by atoms with van der Waals surface area (Å²) in [7, 11) is -1.05. The summed E-state index contributed by atoms with van der Waals surface area (Å²) in [5.74, 6) is 0.922. The third kappa shape index (κ3) is 9.45. The van der Waals surface area contributed by atoms with Crippen molar-refractivity contribution in [2.75, 3.05) is 25.1 Å². The SMILES string of the molecule is CCNC(=NCc1ccnn1C)NCC(C)(C)CCS(C)(=O)=O.I. The lowest BCUT2D eigenvalue weighted by Crippen LogP contribution is -2.42. The fourth-order valence-corrected chi connectivity index (χ4v) is 2.85. The monoisotopic (exact) mass is 471 g/mol. The first-order valence-electron chi connectivity index (χ1n) is 7.80. The second-order valence-electron chi connectivity index (χ2n) is 6.54. The van der Waals surface area contributed by atoms with Gasteiger partial charge in [-0.3, -0.25) is 4.68 Å². The molecular formula is C15H30IN5O2S. The summed E-state index contributed by atoms with van der Waals surface area (Å²) in [5.41, 5.74) is 0.893. The normalized spacial score (nSPS) is 12.6. The van der Waals surface area contributed by atoms with E-state index in [4.69, 9.17) is 0 Å². The lowest BCUT2D eigenvalue weighted by atomic mass is 9.90. The molecule has 0 unspecified atom stereocenters. The van der Waals surface area contributed by atoms with Crippen molar-refractivity contribution < 1.29 is 8.42 Å². The Balaban J connectivity index is 0.00000529. The second kappa shape index (κ2) is 10.2. The van der Waals surface area contributed by atoms with E-state index in [0.29, 0.717) is 19.5 Å². The lowest BCUT2D eigenvalue weighted by Gasteiger charge is -2.25. The molecule has 0 aliphatic carbocycles. The largest absolute Gasteiger partial charge is 0.357 e. The zero-order chi connectivity index (χ0) is 17.5. The third-order valence-corrected chi connectivity index (χ3v) is 4.50. The molecule has 9 heteroatoms. The van der Waals surface area contributed by atoms with Crippen LogP contribution in [0.3, 0.4) is 0 Å². The number of halogens is 1. The molecule has 0 atom stereocenters. The number of nitrogens with one attached hydrogen (secondary N) is 2. The predicted octanol–water partition coefficient (Wildman–Crippen LogP) is 1.55. The van der Waals surface area contributed by atoms with Crippen LogP contribution in [0, 0.1) is 5.41 Å². The van der Waals surface area contributed by atoms with Gasteiger partial charge in [-0.15, -0.1) is 24.0 Å². The number of nitrogens with zero attached hydrogens (tertiary/aromatic N) is 3. The topological polar surface area (TPSA) is 88.4 Å². The number of sulfone groups is 1. The van der Waals surface area contributed by atoms with Crippen LogP contribution < -0.4 is 10.6 Å². The van der Waals surface area contributed by atoms with E-state index in [1.807, 2.05) is 20.0 Å². The van der Waals surface area contributed by atoms with Crippen molar-refractivity contribution in [1.29, 1.82) is 0 Å². The highest BCUT2D eigenvalue weighted by Gasteiger charge is 2.20. The number of hydrogen-bond acceptors (Lipinski definition) is 4. The van der Waals surface area contributed by atoms with Gasteiger partial charge in [0.15, 0.2) is 5.96 Å². The van der Waals surface area contributed by atoms with E-state index in [-0.39, 0.29) is 35.1 Å². The smallest absolute Gasteiger partial charge is 0.191 e. The molecule has 0 aliphatic heterocycles. The molecule has 1 heterocycles. The Labute approximate surface area is 162 Å². The van der Waals surface area contributed by atoms with Gasteiger partial charge in [0, 0.05) is 32.6 Å². The highest BCUT2D eigenvalue weighted by Crippen LogP contribution is 2.19. The quantitative estimate of drug-likeness (QED) is 0.341. The van der Waals surface area contributed by atoms with E-state index in [1.54, 1.807) is 10.9 Å². The van der Waals surface area contributed by atoms with Crippen molar-refractivity contribution in [3.05, 3.63) is 18.0 Å². The summed E-state index contributed by atoms with van der Waals surface area (Å²) in [6, 6.07) is 1.93. The van der Waals surface area contributed by atoms with Gasteiger partial charge in [-0.1, -0.05) is 13.8 Å². The van der Waals surface area contributed by atoms with E-state index in [1.165, 1.54) is 6.26 Å². The molecule has 0 aromatic carbocycles. The molecule has 140 valence electrons. The summed E-state index contributed by atoms with van der Waals surface area (Å²) < 4.78 is 24.4. The molecule has 7 nitrogen and oxygen atoms in total. The average molecular weight is 471 g/mol. The van der Waals surface area contributed by atoms with Crippen molar-refractivity contribution in [1.82, 2.24) is 20.4 Å². The van der Waals surface area contributed by atoms with E-state index >= 15 is 0 Å². The standard InChI is InChI=1S/C15H29N5O2S.HI/c1-6-16-14(17-11-13-7-9-19-20(13)4)18-12-15(2,3)8-10-23(5,21)22;/h7,9H,6,8,10-12H2,1-5H3,(H2,16,17,18);1H. The summed E-state index contributed by atoms with van der Waals surface area (Å²) >= 11 is 0. The van der Waals surface area contributed by atoms with Crippen LogP contribution in [0.5, 0.6) is 0 Å². The minimum absolute atomic E-state index is 0. The Morgan fingerprint density at radius 3 is 2.54 bits per heavy atom.